The van der Waals surface area contributed by atoms with Crippen LogP contribution in [0.2, 0.25) is 0 Å². The lowest BCUT2D eigenvalue weighted by molar-refractivity contribution is -0.132. The first kappa shape index (κ1) is 15.9. The number of hydrogen-bond donors (Lipinski definition) is 3. The lowest BCUT2D eigenvalue weighted by atomic mass is 9.87. The van der Waals surface area contributed by atoms with Crippen LogP contribution in [0, 0.1) is 11.3 Å². The minimum Gasteiger partial charge on any atom is -0.354 e. The SMILES string of the molecule is CCC(C)(CN)C(=O)NCC(=O)NCC(C)C. The van der Waals surface area contributed by atoms with E-state index in [1.54, 1.807) is 6.92 Å². The minimum absolute atomic E-state index is 0.0150. The maximum atomic E-state index is 11.8. The molecule has 0 heterocycles. The predicted octanol–water partition coefficient (Wildman–Crippen LogP) is 0.250. The van der Waals surface area contributed by atoms with Gasteiger partial charge in [0.05, 0.1) is 12.0 Å². The van der Waals surface area contributed by atoms with Gasteiger partial charge in [0, 0.05) is 13.1 Å². The predicted molar refractivity (Wildman–Crippen MR) is 68.3 cm³/mol. The third-order valence-electron chi connectivity index (χ3n) is 2.90. The molecule has 2 amide bonds. The summed E-state index contributed by atoms with van der Waals surface area (Å²) in [5, 5.41) is 5.36. The molecule has 5 nitrogen and oxygen atoms in total. The quantitative estimate of drug-likeness (QED) is 0.599. The Morgan fingerprint density at radius 3 is 2.29 bits per heavy atom. The summed E-state index contributed by atoms with van der Waals surface area (Å²) < 4.78 is 0. The van der Waals surface area contributed by atoms with E-state index in [0.717, 1.165) is 0 Å². The number of carbonyl (C=O) groups is 2. The molecule has 4 N–H and O–H groups in total. The fourth-order valence-electron chi connectivity index (χ4n) is 1.15. The Morgan fingerprint density at radius 1 is 1.29 bits per heavy atom. The molecule has 0 aliphatic heterocycles. The van der Waals surface area contributed by atoms with Crippen LogP contribution in [0.1, 0.15) is 34.1 Å². The van der Waals surface area contributed by atoms with Crippen molar-refractivity contribution in [2.45, 2.75) is 34.1 Å². The van der Waals surface area contributed by atoms with E-state index in [4.69, 9.17) is 5.73 Å². The molecule has 0 aliphatic rings. The molecule has 0 saturated carbocycles. The Hall–Kier alpha value is -1.10. The zero-order chi connectivity index (χ0) is 13.5. The Bertz CT molecular complexity index is 260. The fraction of sp³-hybridized carbons (Fsp3) is 0.833. The largest absolute Gasteiger partial charge is 0.354 e. The summed E-state index contributed by atoms with van der Waals surface area (Å²) >= 11 is 0. The third-order valence-corrected chi connectivity index (χ3v) is 2.90. The van der Waals surface area contributed by atoms with Gasteiger partial charge in [0.1, 0.15) is 0 Å². The highest BCUT2D eigenvalue weighted by Crippen LogP contribution is 2.18. The summed E-state index contributed by atoms with van der Waals surface area (Å²) in [4.78, 5) is 23.2. The summed E-state index contributed by atoms with van der Waals surface area (Å²) in [6.45, 7) is 8.66. The first-order valence-electron chi connectivity index (χ1n) is 6.10. The average molecular weight is 243 g/mol. The highest BCUT2D eigenvalue weighted by atomic mass is 16.2. The van der Waals surface area contributed by atoms with E-state index in [1.807, 2.05) is 20.8 Å². The molecule has 5 heteroatoms. The van der Waals surface area contributed by atoms with Crippen molar-refractivity contribution in [3.05, 3.63) is 0 Å². The molecule has 0 radical (unpaired) electrons. The Kier molecular flexibility index (Phi) is 6.80. The van der Waals surface area contributed by atoms with E-state index in [1.165, 1.54) is 0 Å². The van der Waals surface area contributed by atoms with Crippen LogP contribution in [-0.4, -0.2) is 31.4 Å². The zero-order valence-corrected chi connectivity index (χ0v) is 11.3. The van der Waals surface area contributed by atoms with Crippen LogP contribution < -0.4 is 16.4 Å². The van der Waals surface area contributed by atoms with E-state index in [9.17, 15) is 9.59 Å². The van der Waals surface area contributed by atoms with Crippen LogP contribution in [-0.2, 0) is 9.59 Å². The second-order valence-electron chi connectivity index (χ2n) is 5.00. The first-order chi connectivity index (χ1) is 7.85. The molecule has 0 aromatic carbocycles. The topological polar surface area (TPSA) is 84.2 Å². The highest BCUT2D eigenvalue weighted by Gasteiger charge is 2.29. The van der Waals surface area contributed by atoms with Crippen molar-refractivity contribution in [1.82, 2.24) is 10.6 Å². The molecule has 1 atom stereocenters. The number of carbonyl (C=O) groups excluding carboxylic acids is 2. The fourth-order valence-corrected chi connectivity index (χ4v) is 1.15. The molecule has 0 aromatic rings. The number of amides is 2. The van der Waals surface area contributed by atoms with Crippen molar-refractivity contribution >= 4 is 11.8 Å². The standard InChI is InChI=1S/C12H25N3O2/c1-5-12(4,8-13)11(17)15-7-10(16)14-6-9(2)3/h9H,5-8,13H2,1-4H3,(H,14,16)(H,15,17). The molecule has 100 valence electrons. The van der Waals surface area contributed by atoms with Crippen molar-refractivity contribution in [3.63, 3.8) is 0 Å². The van der Waals surface area contributed by atoms with E-state index in [2.05, 4.69) is 10.6 Å². The van der Waals surface area contributed by atoms with Crippen molar-refractivity contribution in [3.8, 4) is 0 Å². The van der Waals surface area contributed by atoms with Gasteiger partial charge in [-0.25, -0.2) is 0 Å². The molecule has 0 fully saturated rings. The second-order valence-corrected chi connectivity index (χ2v) is 5.00. The van der Waals surface area contributed by atoms with E-state index < -0.39 is 5.41 Å². The van der Waals surface area contributed by atoms with Gasteiger partial charge in [0.25, 0.3) is 0 Å². The molecule has 1 unspecified atom stereocenters. The van der Waals surface area contributed by atoms with Crippen LogP contribution in [0.3, 0.4) is 0 Å². The Labute approximate surface area is 104 Å². The van der Waals surface area contributed by atoms with Gasteiger partial charge in [-0.2, -0.15) is 0 Å². The van der Waals surface area contributed by atoms with Crippen LogP contribution in [0.5, 0.6) is 0 Å². The van der Waals surface area contributed by atoms with Gasteiger partial charge < -0.3 is 16.4 Å². The van der Waals surface area contributed by atoms with Gasteiger partial charge >= 0.3 is 0 Å². The monoisotopic (exact) mass is 243 g/mol. The molecule has 0 spiro atoms. The van der Waals surface area contributed by atoms with Crippen LogP contribution in [0.4, 0.5) is 0 Å². The van der Waals surface area contributed by atoms with Gasteiger partial charge in [-0.3, -0.25) is 9.59 Å². The summed E-state index contributed by atoms with van der Waals surface area (Å²) in [6.07, 6.45) is 0.656. The van der Waals surface area contributed by atoms with E-state index >= 15 is 0 Å². The average Bonchev–Trinajstić information content (AvgIpc) is 2.32. The number of hydrogen-bond acceptors (Lipinski definition) is 3. The molecular formula is C12H25N3O2. The van der Waals surface area contributed by atoms with Gasteiger partial charge in [0.2, 0.25) is 11.8 Å². The highest BCUT2D eigenvalue weighted by molar-refractivity contribution is 5.87. The Balaban J connectivity index is 4.03. The molecule has 0 bridgehead atoms. The lowest BCUT2D eigenvalue weighted by Crippen LogP contribution is -2.47. The van der Waals surface area contributed by atoms with Crippen molar-refractivity contribution < 1.29 is 9.59 Å². The lowest BCUT2D eigenvalue weighted by Gasteiger charge is -2.24. The minimum atomic E-state index is -0.585. The maximum Gasteiger partial charge on any atom is 0.239 e. The van der Waals surface area contributed by atoms with Gasteiger partial charge in [-0.15, -0.1) is 0 Å². The molecule has 0 rings (SSSR count). The Morgan fingerprint density at radius 2 is 1.88 bits per heavy atom. The molecule has 0 aromatic heterocycles. The van der Waals surface area contributed by atoms with Crippen LogP contribution >= 0.6 is 0 Å². The van der Waals surface area contributed by atoms with Gasteiger partial charge in [-0.1, -0.05) is 20.8 Å². The second kappa shape index (κ2) is 7.27. The summed E-state index contributed by atoms with van der Waals surface area (Å²) in [6, 6.07) is 0. The van der Waals surface area contributed by atoms with Crippen molar-refractivity contribution in [2.75, 3.05) is 19.6 Å². The number of nitrogens with one attached hydrogen (secondary N) is 2. The normalized spacial score (nSPS) is 14.2. The van der Waals surface area contributed by atoms with E-state index in [-0.39, 0.29) is 24.9 Å². The first-order valence-corrected chi connectivity index (χ1v) is 6.10. The summed E-state index contributed by atoms with van der Waals surface area (Å²) in [5.74, 6) is 0.0734. The van der Waals surface area contributed by atoms with E-state index in [0.29, 0.717) is 18.9 Å². The van der Waals surface area contributed by atoms with Gasteiger partial charge in [0.15, 0.2) is 0 Å². The summed E-state index contributed by atoms with van der Waals surface area (Å²) in [7, 11) is 0. The molecule has 0 aliphatic carbocycles. The zero-order valence-electron chi connectivity index (χ0n) is 11.3. The van der Waals surface area contributed by atoms with Crippen molar-refractivity contribution in [2.24, 2.45) is 17.1 Å². The van der Waals surface area contributed by atoms with Crippen LogP contribution in [0.25, 0.3) is 0 Å². The summed E-state index contributed by atoms with van der Waals surface area (Å²) in [5.41, 5.74) is 4.98. The smallest absolute Gasteiger partial charge is 0.239 e. The number of rotatable bonds is 7. The van der Waals surface area contributed by atoms with Crippen LogP contribution in [0.15, 0.2) is 0 Å². The van der Waals surface area contributed by atoms with Crippen molar-refractivity contribution in [1.29, 1.82) is 0 Å². The number of nitrogens with two attached hydrogens (primary N) is 1. The third kappa shape index (κ3) is 5.68. The maximum absolute atomic E-state index is 11.8. The molecule has 0 saturated heterocycles. The van der Waals surface area contributed by atoms with Gasteiger partial charge in [-0.05, 0) is 19.3 Å². The molecule has 17 heavy (non-hydrogen) atoms. The molecular weight excluding hydrogens is 218 g/mol.